The van der Waals surface area contributed by atoms with Gasteiger partial charge in [-0.1, -0.05) is 23.2 Å². The largest absolute Gasteiger partial charge is 0.494 e. The molecule has 0 saturated carbocycles. The molecule has 21 heavy (non-hydrogen) atoms. The van der Waals surface area contributed by atoms with Crippen LogP contribution in [0.4, 0.5) is 5.82 Å². The number of aryl methyl sites for hydroxylation is 1. The molecule has 1 amide bonds. The molecule has 1 aromatic heterocycles. The molecule has 0 spiro atoms. The molecule has 2 aromatic rings. The molecule has 7 heteroatoms. The zero-order chi connectivity index (χ0) is 15.6. The first-order valence-electron chi connectivity index (χ1n) is 5.90. The summed E-state index contributed by atoms with van der Waals surface area (Å²) in [4.78, 5) is 16.5. The van der Waals surface area contributed by atoms with Crippen molar-refractivity contribution in [3.63, 3.8) is 0 Å². The maximum atomic E-state index is 12.2. The monoisotopic (exact) mass is 436 g/mol. The number of aromatic nitrogens is 1. The van der Waals surface area contributed by atoms with Crippen LogP contribution in [0.3, 0.4) is 0 Å². The van der Waals surface area contributed by atoms with Crippen LogP contribution < -0.4 is 10.1 Å². The summed E-state index contributed by atoms with van der Waals surface area (Å²) in [6.45, 7) is 1.87. The van der Waals surface area contributed by atoms with E-state index in [1.807, 2.05) is 13.0 Å². The topological polar surface area (TPSA) is 51.2 Å². The van der Waals surface area contributed by atoms with Crippen LogP contribution in [0.1, 0.15) is 16.1 Å². The zero-order valence-electron chi connectivity index (χ0n) is 11.2. The minimum atomic E-state index is -0.338. The number of methoxy groups -OCH3 is 1. The van der Waals surface area contributed by atoms with E-state index in [0.29, 0.717) is 17.1 Å². The van der Waals surface area contributed by atoms with E-state index in [9.17, 15) is 4.79 Å². The lowest BCUT2D eigenvalue weighted by molar-refractivity contribution is 0.102. The van der Waals surface area contributed by atoms with Crippen molar-refractivity contribution < 1.29 is 9.53 Å². The summed E-state index contributed by atoms with van der Waals surface area (Å²) in [5, 5.41) is 3.27. The smallest absolute Gasteiger partial charge is 0.256 e. The number of amides is 1. The number of halogens is 3. The van der Waals surface area contributed by atoms with Crippen molar-refractivity contribution >= 4 is 57.5 Å². The highest BCUT2D eigenvalue weighted by Gasteiger charge is 2.14. The fourth-order valence-electron chi connectivity index (χ4n) is 1.69. The van der Waals surface area contributed by atoms with Gasteiger partial charge in [0.1, 0.15) is 5.82 Å². The Labute approximate surface area is 145 Å². The lowest BCUT2D eigenvalue weighted by Gasteiger charge is -2.09. The molecule has 0 aliphatic rings. The molecule has 1 aromatic carbocycles. The molecule has 0 unspecified atom stereocenters. The Balaban J connectivity index is 2.26. The third-order valence-electron chi connectivity index (χ3n) is 2.73. The van der Waals surface area contributed by atoms with Gasteiger partial charge in [-0.3, -0.25) is 4.79 Å². The standard InChI is InChI=1S/C14H11Cl2IN2O2/c1-7-11(17)3-4-12(18-7)19-14(20)8-5-9(15)13(21-2)10(16)6-8/h3-6H,1-2H3,(H,18,19,20). The molecule has 0 saturated heterocycles. The molecule has 1 N–H and O–H groups in total. The van der Waals surface area contributed by atoms with Gasteiger partial charge in [-0.2, -0.15) is 0 Å². The molecule has 0 fully saturated rings. The SMILES string of the molecule is COc1c(Cl)cc(C(=O)Nc2ccc(I)c(C)n2)cc1Cl. The van der Waals surface area contributed by atoms with Gasteiger partial charge in [-0.05, 0) is 53.8 Å². The summed E-state index contributed by atoms with van der Waals surface area (Å²) in [6, 6.07) is 6.62. The van der Waals surface area contributed by atoms with Gasteiger partial charge in [0, 0.05) is 9.13 Å². The van der Waals surface area contributed by atoms with Gasteiger partial charge in [0.05, 0.1) is 22.8 Å². The molecule has 0 atom stereocenters. The summed E-state index contributed by atoms with van der Waals surface area (Å²) in [7, 11) is 1.46. The fourth-order valence-corrected chi connectivity index (χ4v) is 2.63. The Morgan fingerprint density at radius 1 is 1.29 bits per heavy atom. The number of anilines is 1. The lowest BCUT2D eigenvalue weighted by Crippen LogP contribution is -2.13. The maximum absolute atomic E-state index is 12.2. The first-order valence-corrected chi connectivity index (χ1v) is 7.73. The molecule has 0 bridgehead atoms. The highest BCUT2D eigenvalue weighted by atomic mass is 127. The van der Waals surface area contributed by atoms with Gasteiger partial charge in [0.15, 0.2) is 5.75 Å². The second kappa shape index (κ2) is 6.81. The Bertz CT molecular complexity index is 684. The second-order valence-corrected chi connectivity index (χ2v) is 6.17. The normalized spacial score (nSPS) is 10.3. The van der Waals surface area contributed by atoms with Gasteiger partial charge < -0.3 is 10.1 Å². The zero-order valence-corrected chi connectivity index (χ0v) is 14.9. The molecule has 110 valence electrons. The average molecular weight is 437 g/mol. The number of ether oxygens (including phenoxy) is 1. The lowest BCUT2D eigenvalue weighted by atomic mass is 10.2. The summed E-state index contributed by atoms with van der Waals surface area (Å²) in [6.07, 6.45) is 0. The van der Waals surface area contributed by atoms with Crippen molar-refractivity contribution in [1.29, 1.82) is 0 Å². The van der Waals surface area contributed by atoms with Crippen LogP contribution >= 0.6 is 45.8 Å². The Morgan fingerprint density at radius 3 is 2.43 bits per heavy atom. The third kappa shape index (κ3) is 3.78. The van der Waals surface area contributed by atoms with E-state index in [-0.39, 0.29) is 16.0 Å². The van der Waals surface area contributed by atoms with E-state index in [2.05, 4.69) is 32.9 Å². The van der Waals surface area contributed by atoms with E-state index in [0.717, 1.165) is 9.26 Å². The molecular formula is C14H11Cl2IN2O2. The van der Waals surface area contributed by atoms with Crippen LogP contribution in [0, 0.1) is 10.5 Å². The summed E-state index contributed by atoms with van der Waals surface area (Å²) < 4.78 is 6.08. The van der Waals surface area contributed by atoms with Gasteiger partial charge >= 0.3 is 0 Å². The van der Waals surface area contributed by atoms with Crippen LogP contribution in [0.2, 0.25) is 10.0 Å². The predicted octanol–water partition coefficient (Wildman–Crippen LogP) is 4.56. The van der Waals surface area contributed by atoms with Crippen LogP contribution in [-0.2, 0) is 0 Å². The van der Waals surface area contributed by atoms with E-state index in [1.54, 1.807) is 6.07 Å². The van der Waals surface area contributed by atoms with Crippen LogP contribution in [-0.4, -0.2) is 18.0 Å². The summed E-state index contributed by atoms with van der Waals surface area (Å²) in [5.41, 5.74) is 1.18. The number of rotatable bonds is 3. The predicted molar refractivity (Wildman–Crippen MR) is 92.7 cm³/mol. The van der Waals surface area contributed by atoms with Crippen molar-refractivity contribution in [3.05, 3.63) is 49.1 Å². The van der Waals surface area contributed by atoms with E-state index >= 15 is 0 Å². The van der Waals surface area contributed by atoms with Crippen molar-refractivity contribution in [2.45, 2.75) is 6.92 Å². The minimum Gasteiger partial charge on any atom is -0.494 e. The highest BCUT2D eigenvalue weighted by Crippen LogP contribution is 2.33. The molecular weight excluding hydrogens is 426 g/mol. The number of hydrogen-bond donors (Lipinski definition) is 1. The molecule has 0 radical (unpaired) electrons. The first kappa shape index (κ1) is 16.3. The molecule has 0 aliphatic heterocycles. The van der Waals surface area contributed by atoms with Gasteiger partial charge in [-0.25, -0.2) is 4.98 Å². The first-order chi connectivity index (χ1) is 9.92. The van der Waals surface area contributed by atoms with Crippen molar-refractivity contribution in [2.24, 2.45) is 0 Å². The average Bonchev–Trinajstić information content (AvgIpc) is 2.42. The second-order valence-electron chi connectivity index (χ2n) is 4.19. The molecule has 0 aliphatic carbocycles. The number of nitrogens with zero attached hydrogens (tertiary/aromatic N) is 1. The van der Waals surface area contributed by atoms with Crippen LogP contribution in [0.5, 0.6) is 5.75 Å². The molecule has 4 nitrogen and oxygen atoms in total. The van der Waals surface area contributed by atoms with Gasteiger partial charge in [0.25, 0.3) is 5.91 Å². The number of benzene rings is 1. The van der Waals surface area contributed by atoms with Gasteiger partial charge in [0.2, 0.25) is 0 Å². The Morgan fingerprint density at radius 2 is 1.90 bits per heavy atom. The van der Waals surface area contributed by atoms with Crippen molar-refractivity contribution in [1.82, 2.24) is 4.98 Å². The Kier molecular flexibility index (Phi) is 5.29. The Hall–Kier alpha value is -1.05. The number of pyridine rings is 1. The number of nitrogens with one attached hydrogen (secondary N) is 1. The number of carbonyl (C=O) groups excluding carboxylic acids is 1. The number of carbonyl (C=O) groups is 1. The van der Waals surface area contributed by atoms with Crippen molar-refractivity contribution in [3.8, 4) is 5.75 Å². The van der Waals surface area contributed by atoms with E-state index in [1.165, 1.54) is 19.2 Å². The molecule has 1 heterocycles. The maximum Gasteiger partial charge on any atom is 0.256 e. The fraction of sp³-hybridized carbons (Fsp3) is 0.143. The summed E-state index contributed by atoms with van der Waals surface area (Å²) in [5.74, 6) is 0.480. The van der Waals surface area contributed by atoms with Crippen LogP contribution in [0.25, 0.3) is 0 Å². The molecule has 2 rings (SSSR count). The van der Waals surface area contributed by atoms with Gasteiger partial charge in [-0.15, -0.1) is 0 Å². The minimum absolute atomic E-state index is 0.280. The third-order valence-corrected chi connectivity index (χ3v) is 4.43. The van der Waals surface area contributed by atoms with Crippen LogP contribution in [0.15, 0.2) is 24.3 Å². The van der Waals surface area contributed by atoms with Crippen molar-refractivity contribution in [2.75, 3.05) is 12.4 Å². The van der Waals surface area contributed by atoms with E-state index < -0.39 is 0 Å². The highest BCUT2D eigenvalue weighted by molar-refractivity contribution is 14.1. The van der Waals surface area contributed by atoms with E-state index in [4.69, 9.17) is 27.9 Å². The quantitative estimate of drug-likeness (QED) is 0.717. The summed E-state index contributed by atoms with van der Waals surface area (Å²) >= 11 is 14.2. The number of hydrogen-bond acceptors (Lipinski definition) is 3.